The summed E-state index contributed by atoms with van der Waals surface area (Å²) in [6.07, 6.45) is 6.61. The van der Waals surface area contributed by atoms with Gasteiger partial charge in [-0.2, -0.15) is 0 Å². The maximum absolute atomic E-state index is 10.8. The van der Waals surface area contributed by atoms with Gasteiger partial charge in [0, 0.05) is 28.3 Å². The molecule has 2 rings (SSSR count). The smallest absolute Gasteiger partial charge is 0.273 e. The summed E-state index contributed by atoms with van der Waals surface area (Å²) in [6.45, 7) is 2.70. The zero-order chi connectivity index (χ0) is 13.8. The Morgan fingerprint density at radius 2 is 2.11 bits per heavy atom. The molecule has 1 aromatic carbocycles. The Hall–Kier alpha value is -1.10. The molecule has 0 saturated heterocycles. The van der Waals surface area contributed by atoms with Crippen LogP contribution in [0, 0.1) is 23.0 Å². The Morgan fingerprint density at radius 1 is 1.42 bits per heavy atom. The van der Waals surface area contributed by atoms with Gasteiger partial charge in [0.2, 0.25) is 0 Å². The Kier molecular flexibility index (Phi) is 4.80. The summed E-state index contributed by atoms with van der Waals surface area (Å²) in [7, 11) is 0. The quantitative estimate of drug-likeness (QED) is 0.632. The first kappa shape index (κ1) is 14.3. The van der Waals surface area contributed by atoms with Gasteiger partial charge in [0.1, 0.15) is 0 Å². The van der Waals surface area contributed by atoms with Crippen molar-refractivity contribution in [3.63, 3.8) is 0 Å². The number of nitrogens with one attached hydrogen (secondary N) is 1. The summed E-state index contributed by atoms with van der Waals surface area (Å²) in [6, 6.07) is 3.42. The number of hydrogen-bond acceptors (Lipinski definition) is 3. The zero-order valence-corrected chi connectivity index (χ0v) is 12.7. The summed E-state index contributed by atoms with van der Waals surface area (Å²) in [4.78, 5) is 10.5. The monoisotopic (exact) mass is 326 g/mol. The Bertz CT molecular complexity index is 471. The van der Waals surface area contributed by atoms with Crippen LogP contribution in [0.4, 0.5) is 11.4 Å². The van der Waals surface area contributed by atoms with E-state index >= 15 is 0 Å². The van der Waals surface area contributed by atoms with Gasteiger partial charge in [-0.3, -0.25) is 10.1 Å². The molecule has 0 bridgehead atoms. The summed E-state index contributed by atoms with van der Waals surface area (Å²) >= 11 is 3.40. The van der Waals surface area contributed by atoms with Gasteiger partial charge in [0.25, 0.3) is 5.69 Å². The molecule has 0 amide bonds. The fraction of sp³-hybridized carbons (Fsp3) is 0.571. The highest BCUT2D eigenvalue weighted by molar-refractivity contribution is 9.10. The summed E-state index contributed by atoms with van der Waals surface area (Å²) in [5, 5.41) is 14.2. The van der Waals surface area contributed by atoms with Gasteiger partial charge in [-0.25, -0.2) is 0 Å². The second-order valence-corrected chi connectivity index (χ2v) is 6.10. The van der Waals surface area contributed by atoms with Crippen molar-refractivity contribution in [1.82, 2.24) is 0 Å². The second kappa shape index (κ2) is 6.37. The third-order valence-electron chi connectivity index (χ3n) is 3.83. The summed E-state index contributed by atoms with van der Waals surface area (Å²) in [5.41, 5.74) is 1.80. The predicted octanol–water partition coefficient (Wildman–Crippen LogP) is 4.66. The average Bonchev–Trinajstić information content (AvgIpc) is 2.85. The van der Waals surface area contributed by atoms with Gasteiger partial charge in [0.05, 0.1) is 4.92 Å². The molecular weight excluding hydrogens is 308 g/mol. The molecule has 19 heavy (non-hydrogen) atoms. The minimum absolute atomic E-state index is 0.160. The summed E-state index contributed by atoms with van der Waals surface area (Å²) < 4.78 is 0.760. The van der Waals surface area contributed by atoms with Gasteiger partial charge >= 0.3 is 0 Å². The van der Waals surface area contributed by atoms with Crippen LogP contribution in [0.3, 0.4) is 0 Å². The van der Waals surface area contributed by atoms with Crippen molar-refractivity contribution in [3.05, 3.63) is 32.3 Å². The van der Waals surface area contributed by atoms with Crippen LogP contribution in [0.5, 0.6) is 0 Å². The molecule has 0 radical (unpaired) electrons. The largest absolute Gasteiger partial charge is 0.384 e. The summed E-state index contributed by atoms with van der Waals surface area (Å²) in [5.74, 6) is 0.852. The number of anilines is 1. The van der Waals surface area contributed by atoms with Crippen LogP contribution in [0.25, 0.3) is 0 Å². The standard InChI is InChI=1S/C14H19BrN2O2/c1-10-8-13(12(15)9-14(10)17(18)19)16-7-6-11-4-2-3-5-11/h8-9,11,16H,2-7H2,1H3. The van der Waals surface area contributed by atoms with Gasteiger partial charge in [-0.1, -0.05) is 25.7 Å². The topological polar surface area (TPSA) is 55.2 Å². The van der Waals surface area contributed by atoms with Crippen molar-refractivity contribution in [3.8, 4) is 0 Å². The predicted molar refractivity (Wildman–Crippen MR) is 80.6 cm³/mol. The first-order chi connectivity index (χ1) is 9.08. The molecule has 0 heterocycles. The lowest BCUT2D eigenvalue weighted by molar-refractivity contribution is -0.385. The van der Waals surface area contributed by atoms with E-state index in [1.807, 2.05) is 6.07 Å². The van der Waals surface area contributed by atoms with Crippen molar-refractivity contribution in [2.75, 3.05) is 11.9 Å². The molecule has 104 valence electrons. The van der Waals surface area contributed by atoms with Crippen molar-refractivity contribution in [1.29, 1.82) is 0 Å². The van der Waals surface area contributed by atoms with Crippen LogP contribution in [-0.4, -0.2) is 11.5 Å². The van der Waals surface area contributed by atoms with Crippen LogP contribution in [0.15, 0.2) is 16.6 Å². The van der Waals surface area contributed by atoms with Gasteiger partial charge in [-0.15, -0.1) is 0 Å². The Balaban J connectivity index is 1.96. The van der Waals surface area contributed by atoms with E-state index in [1.54, 1.807) is 13.0 Å². The number of nitro groups is 1. The normalized spacial score (nSPS) is 15.7. The SMILES string of the molecule is Cc1cc(NCCC2CCCC2)c(Br)cc1[N+](=O)[O-]. The second-order valence-electron chi connectivity index (χ2n) is 5.24. The van der Waals surface area contributed by atoms with Crippen molar-refractivity contribution >= 4 is 27.3 Å². The molecule has 1 N–H and O–H groups in total. The molecule has 1 saturated carbocycles. The van der Waals surface area contributed by atoms with Crippen LogP contribution >= 0.6 is 15.9 Å². The minimum atomic E-state index is -0.345. The molecule has 4 nitrogen and oxygen atoms in total. The number of benzene rings is 1. The molecule has 0 spiro atoms. The molecular formula is C14H19BrN2O2. The molecule has 0 unspecified atom stereocenters. The highest BCUT2D eigenvalue weighted by Gasteiger charge is 2.16. The van der Waals surface area contributed by atoms with Gasteiger partial charge in [-0.05, 0) is 41.3 Å². The number of hydrogen-bond donors (Lipinski definition) is 1. The van der Waals surface area contributed by atoms with E-state index in [2.05, 4.69) is 21.2 Å². The third-order valence-corrected chi connectivity index (χ3v) is 4.48. The van der Waals surface area contributed by atoms with E-state index in [0.717, 1.165) is 22.6 Å². The van der Waals surface area contributed by atoms with Crippen molar-refractivity contribution in [2.45, 2.75) is 39.0 Å². The van der Waals surface area contributed by atoms with Crippen LogP contribution < -0.4 is 5.32 Å². The molecule has 5 heteroatoms. The molecule has 1 aromatic rings. The number of nitrogens with zero attached hydrogens (tertiary/aromatic N) is 1. The minimum Gasteiger partial charge on any atom is -0.384 e. The zero-order valence-electron chi connectivity index (χ0n) is 11.1. The molecule has 1 aliphatic rings. The number of nitro benzene ring substituents is 1. The maximum Gasteiger partial charge on any atom is 0.273 e. The fourth-order valence-corrected chi connectivity index (χ4v) is 3.18. The molecule has 0 aromatic heterocycles. The van der Waals surface area contributed by atoms with Crippen molar-refractivity contribution in [2.24, 2.45) is 5.92 Å². The van der Waals surface area contributed by atoms with Crippen LogP contribution in [-0.2, 0) is 0 Å². The fourth-order valence-electron chi connectivity index (χ4n) is 2.71. The van der Waals surface area contributed by atoms with E-state index in [1.165, 1.54) is 32.1 Å². The van der Waals surface area contributed by atoms with E-state index in [0.29, 0.717) is 5.56 Å². The van der Waals surface area contributed by atoms with E-state index in [9.17, 15) is 10.1 Å². The lowest BCUT2D eigenvalue weighted by Gasteiger charge is -2.12. The highest BCUT2D eigenvalue weighted by atomic mass is 79.9. The third kappa shape index (κ3) is 3.69. The Morgan fingerprint density at radius 3 is 2.74 bits per heavy atom. The van der Waals surface area contributed by atoms with Crippen LogP contribution in [0.1, 0.15) is 37.7 Å². The molecule has 1 fully saturated rings. The molecule has 0 aliphatic heterocycles. The maximum atomic E-state index is 10.8. The number of aryl methyl sites for hydroxylation is 1. The number of rotatable bonds is 5. The van der Waals surface area contributed by atoms with E-state index in [4.69, 9.17) is 0 Å². The van der Waals surface area contributed by atoms with Gasteiger partial charge < -0.3 is 5.32 Å². The van der Waals surface area contributed by atoms with Crippen molar-refractivity contribution < 1.29 is 4.92 Å². The van der Waals surface area contributed by atoms with E-state index < -0.39 is 0 Å². The van der Waals surface area contributed by atoms with Crippen LogP contribution in [0.2, 0.25) is 0 Å². The average molecular weight is 327 g/mol. The Labute approximate surface area is 121 Å². The van der Waals surface area contributed by atoms with Gasteiger partial charge in [0.15, 0.2) is 0 Å². The molecule has 1 aliphatic carbocycles. The highest BCUT2D eigenvalue weighted by Crippen LogP contribution is 2.31. The lowest BCUT2D eigenvalue weighted by atomic mass is 10.0. The van der Waals surface area contributed by atoms with E-state index in [-0.39, 0.29) is 10.6 Å². The first-order valence-corrected chi connectivity index (χ1v) is 7.55. The number of halogens is 1. The molecule has 0 atom stereocenters. The lowest BCUT2D eigenvalue weighted by Crippen LogP contribution is -2.07. The first-order valence-electron chi connectivity index (χ1n) is 6.76.